The van der Waals surface area contributed by atoms with E-state index >= 15 is 4.79 Å². The zero-order chi connectivity index (χ0) is 37.8. The lowest BCUT2D eigenvalue weighted by Crippen LogP contribution is -2.30. The molecule has 56 heavy (non-hydrogen) atoms. The summed E-state index contributed by atoms with van der Waals surface area (Å²) < 4.78 is 2.11. The lowest BCUT2D eigenvalue weighted by atomic mass is 9.90. The van der Waals surface area contributed by atoms with Crippen LogP contribution >= 0.6 is 0 Å². The third kappa shape index (κ3) is 5.16. The number of fused-ring (bicyclic) bond motifs is 4. The molecule has 8 aromatic carbocycles. The van der Waals surface area contributed by atoms with Crippen LogP contribution in [-0.4, -0.2) is 16.4 Å². The number of anilines is 1. The van der Waals surface area contributed by atoms with Crippen molar-refractivity contribution in [1.82, 2.24) is 4.57 Å². The van der Waals surface area contributed by atoms with E-state index in [0.29, 0.717) is 28.1 Å². The van der Waals surface area contributed by atoms with Gasteiger partial charge in [0, 0.05) is 21.9 Å². The molecule has 5 nitrogen and oxygen atoms in total. The number of para-hydroxylation sites is 1. The Morgan fingerprint density at radius 1 is 0.429 bits per heavy atom. The van der Waals surface area contributed by atoms with E-state index in [9.17, 15) is 10.1 Å². The van der Waals surface area contributed by atoms with Gasteiger partial charge < -0.3 is 4.57 Å². The van der Waals surface area contributed by atoms with E-state index in [-0.39, 0.29) is 11.8 Å². The molecular formula is C51H31N3O2. The second-order valence-corrected chi connectivity index (χ2v) is 13.9. The molecule has 2 heterocycles. The first kappa shape index (κ1) is 32.8. The first-order valence-corrected chi connectivity index (χ1v) is 18.5. The Hall–Kier alpha value is -7.81. The Kier molecular flexibility index (Phi) is 7.76. The van der Waals surface area contributed by atoms with Gasteiger partial charge in [-0.2, -0.15) is 5.26 Å². The van der Waals surface area contributed by atoms with E-state index in [1.807, 2.05) is 133 Å². The minimum atomic E-state index is -0.378. The molecule has 0 saturated carbocycles. The molecule has 9 aromatic rings. The van der Waals surface area contributed by atoms with Gasteiger partial charge in [-0.15, -0.1) is 0 Å². The van der Waals surface area contributed by atoms with Crippen LogP contribution in [0.25, 0.3) is 72.0 Å². The van der Waals surface area contributed by atoms with E-state index < -0.39 is 0 Å². The molecule has 0 spiro atoms. The highest BCUT2D eigenvalue weighted by Gasteiger charge is 2.41. The smallest absolute Gasteiger partial charge is 0.268 e. The van der Waals surface area contributed by atoms with Crippen LogP contribution in [0.4, 0.5) is 5.69 Å². The summed E-state index contributed by atoms with van der Waals surface area (Å²) >= 11 is 0. The van der Waals surface area contributed by atoms with Crippen LogP contribution in [0.2, 0.25) is 0 Å². The van der Waals surface area contributed by atoms with Gasteiger partial charge in [0.2, 0.25) is 0 Å². The number of nitriles is 1. The lowest BCUT2D eigenvalue weighted by molar-refractivity contribution is 0.0926. The van der Waals surface area contributed by atoms with Gasteiger partial charge in [-0.3, -0.25) is 9.59 Å². The third-order valence-electron chi connectivity index (χ3n) is 10.8. The average molecular weight is 718 g/mol. The summed E-state index contributed by atoms with van der Waals surface area (Å²) in [4.78, 5) is 31.7. The zero-order valence-electron chi connectivity index (χ0n) is 30.1. The summed E-state index contributed by atoms with van der Waals surface area (Å²) in [6.07, 6.45) is 0. The van der Waals surface area contributed by atoms with Gasteiger partial charge in [-0.05, 0) is 81.9 Å². The van der Waals surface area contributed by atoms with E-state index in [0.717, 1.165) is 66.3 Å². The monoisotopic (exact) mass is 717 g/mol. The Balaban J connectivity index is 1.22. The summed E-state index contributed by atoms with van der Waals surface area (Å²) in [6, 6.07) is 64.0. The highest BCUT2D eigenvalue weighted by Crippen LogP contribution is 2.47. The van der Waals surface area contributed by atoms with Crippen molar-refractivity contribution in [3.05, 3.63) is 205 Å². The Morgan fingerprint density at radius 2 is 0.964 bits per heavy atom. The minimum absolute atomic E-state index is 0.354. The van der Waals surface area contributed by atoms with E-state index in [1.54, 1.807) is 6.07 Å². The van der Waals surface area contributed by atoms with E-state index in [1.165, 1.54) is 4.90 Å². The van der Waals surface area contributed by atoms with Crippen LogP contribution in [0.1, 0.15) is 26.3 Å². The second-order valence-electron chi connectivity index (χ2n) is 13.9. The summed E-state index contributed by atoms with van der Waals surface area (Å²) in [6.45, 7) is 0. The number of nitrogens with zero attached hydrogens (tertiary/aromatic N) is 3. The maximum atomic E-state index is 15.3. The SMILES string of the molecule is N#Cc1ccc(-c2cccc3c2c2ccccc2n3-c2cccc3c2C(=O)N(c2c(-c4ccccc4)cc(-c4ccccc4)cc2-c2ccccc2)C3=O)cc1. The van der Waals surface area contributed by atoms with E-state index in [4.69, 9.17) is 0 Å². The molecule has 0 radical (unpaired) electrons. The van der Waals surface area contributed by atoms with Crippen molar-refractivity contribution in [2.24, 2.45) is 0 Å². The zero-order valence-corrected chi connectivity index (χ0v) is 30.1. The number of hydrogen-bond acceptors (Lipinski definition) is 3. The van der Waals surface area contributed by atoms with Crippen molar-refractivity contribution in [3.63, 3.8) is 0 Å². The van der Waals surface area contributed by atoms with Crippen LogP contribution < -0.4 is 4.90 Å². The molecule has 262 valence electrons. The molecule has 0 atom stereocenters. The Morgan fingerprint density at radius 3 is 1.61 bits per heavy atom. The van der Waals surface area contributed by atoms with Gasteiger partial charge in [0.25, 0.3) is 11.8 Å². The first-order valence-electron chi connectivity index (χ1n) is 18.5. The van der Waals surface area contributed by atoms with Crippen LogP contribution in [0, 0.1) is 11.3 Å². The van der Waals surface area contributed by atoms with Gasteiger partial charge in [0.05, 0.1) is 45.2 Å². The largest absolute Gasteiger partial charge is 0.308 e. The number of carbonyl (C=O) groups is 2. The number of aromatic nitrogens is 1. The number of imide groups is 1. The molecule has 0 fully saturated rings. The van der Waals surface area contributed by atoms with Crippen LogP contribution in [0.3, 0.4) is 0 Å². The molecule has 0 bridgehead atoms. The van der Waals surface area contributed by atoms with Gasteiger partial charge in [0.15, 0.2) is 0 Å². The first-order chi connectivity index (χ1) is 27.6. The van der Waals surface area contributed by atoms with Crippen molar-refractivity contribution < 1.29 is 9.59 Å². The molecule has 2 amide bonds. The predicted octanol–water partition coefficient (Wildman–Crippen LogP) is 12.1. The van der Waals surface area contributed by atoms with Crippen molar-refractivity contribution in [2.75, 3.05) is 4.90 Å². The topological polar surface area (TPSA) is 66.1 Å². The predicted molar refractivity (Wildman–Crippen MR) is 225 cm³/mol. The van der Waals surface area contributed by atoms with Crippen molar-refractivity contribution >= 4 is 39.3 Å². The van der Waals surface area contributed by atoms with Gasteiger partial charge in [-0.25, -0.2) is 4.90 Å². The maximum Gasteiger partial charge on any atom is 0.268 e. The second kappa shape index (κ2) is 13.2. The molecular weight excluding hydrogens is 687 g/mol. The highest BCUT2D eigenvalue weighted by atomic mass is 16.2. The highest BCUT2D eigenvalue weighted by molar-refractivity contribution is 6.37. The van der Waals surface area contributed by atoms with Crippen molar-refractivity contribution in [2.45, 2.75) is 0 Å². The number of hydrogen-bond donors (Lipinski definition) is 0. The summed E-state index contributed by atoms with van der Waals surface area (Å²) in [5.41, 5.74) is 11.7. The third-order valence-corrected chi connectivity index (χ3v) is 10.8. The van der Waals surface area contributed by atoms with Crippen molar-refractivity contribution in [1.29, 1.82) is 5.26 Å². The fraction of sp³-hybridized carbons (Fsp3) is 0. The Labute approximate surface area is 323 Å². The summed E-state index contributed by atoms with van der Waals surface area (Å²) in [5, 5.41) is 11.5. The molecule has 1 aliphatic rings. The Bertz CT molecular complexity index is 2990. The van der Waals surface area contributed by atoms with Crippen LogP contribution in [-0.2, 0) is 0 Å². The van der Waals surface area contributed by atoms with Crippen LogP contribution in [0.5, 0.6) is 0 Å². The van der Waals surface area contributed by atoms with Gasteiger partial charge in [-0.1, -0.05) is 140 Å². The average Bonchev–Trinajstić information content (AvgIpc) is 3.74. The number of benzene rings is 8. The molecule has 10 rings (SSSR count). The van der Waals surface area contributed by atoms with E-state index in [2.05, 4.69) is 59.2 Å². The molecule has 0 saturated heterocycles. The molecule has 1 aromatic heterocycles. The molecule has 0 unspecified atom stereocenters. The normalized spacial score (nSPS) is 12.3. The maximum absolute atomic E-state index is 15.3. The lowest BCUT2D eigenvalue weighted by Gasteiger charge is -2.24. The van der Waals surface area contributed by atoms with Gasteiger partial charge >= 0.3 is 0 Å². The fourth-order valence-corrected chi connectivity index (χ4v) is 8.25. The quantitative estimate of drug-likeness (QED) is 0.161. The van der Waals surface area contributed by atoms with Gasteiger partial charge in [0.1, 0.15) is 0 Å². The van der Waals surface area contributed by atoms with Crippen molar-refractivity contribution in [3.8, 4) is 56.3 Å². The van der Waals surface area contributed by atoms with Crippen LogP contribution in [0.15, 0.2) is 188 Å². The molecule has 5 heteroatoms. The number of amides is 2. The number of rotatable bonds is 6. The molecule has 1 aliphatic heterocycles. The molecule has 0 aliphatic carbocycles. The standard InChI is InChI=1S/C51H31N3O2/c52-32-33-26-28-37(29-27-33)39-21-12-24-45-47(39)40-20-10-11-23-44(40)53(45)46-25-13-22-41-48(46)51(56)54(50(41)55)49-42(35-16-6-2-7-17-35)30-38(34-14-4-1-5-15-34)31-43(49)36-18-8-3-9-19-36/h1-31H. The summed E-state index contributed by atoms with van der Waals surface area (Å²) in [5.74, 6) is -0.746. The minimum Gasteiger partial charge on any atom is -0.308 e. The fourth-order valence-electron chi connectivity index (χ4n) is 8.25. The molecule has 0 N–H and O–H groups in total. The summed E-state index contributed by atoms with van der Waals surface area (Å²) in [7, 11) is 0. The number of carbonyl (C=O) groups excluding carboxylic acids is 2.